The van der Waals surface area contributed by atoms with Crippen LogP contribution in [-0.2, 0) is 11.3 Å². The molecule has 1 saturated heterocycles. The van der Waals surface area contributed by atoms with E-state index in [1.165, 1.54) is 6.20 Å². The number of hydrogen-bond acceptors (Lipinski definition) is 5. The van der Waals surface area contributed by atoms with E-state index >= 15 is 0 Å². The van der Waals surface area contributed by atoms with Gasteiger partial charge in [0.2, 0.25) is 5.43 Å². The lowest BCUT2D eigenvalue weighted by Gasteiger charge is -2.21. The van der Waals surface area contributed by atoms with E-state index in [4.69, 9.17) is 4.74 Å². The Bertz CT molecular complexity index is 931. The maximum atomic E-state index is 13.2. The van der Waals surface area contributed by atoms with Crippen LogP contribution in [0.3, 0.4) is 0 Å². The highest BCUT2D eigenvalue weighted by Gasteiger charge is 2.25. The van der Waals surface area contributed by atoms with Gasteiger partial charge in [0.25, 0.3) is 11.8 Å². The third kappa shape index (κ3) is 5.83. The number of nitrogens with zero attached hydrogens (tertiary/aromatic N) is 2. The summed E-state index contributed by atoms with van der Waals surface area (Å²) in [7, 11) is 1.59. The van der Waals surface area contributed by atoms with E-state index in [-0.39, 0.29) is 23.1 Å². The normalized spacial score (nSPS) is 15.4. The van der Waals surface area contributed by atoms with Crippen molar-refractivity contribution in [2.75, 3.05) is 26.8 Å². The second kappa shape index (κ2) is 11.2. The van der Waals surface area contributed by atoms with Gasteiger partial charge in [0.05, 0.1) is 12.6 Å². The molecular formula is C23H31N3O4S. The van der Waals surface area contributed by atoms with Gasteiger partial charge in [0, 0.05) is 44.0 Å². The lowest BCUT2D eigenvalue weighted by Crippen LogP contribution is -2.39. The molecule has 1 aliphatic heterocycles. The van der Waals surface area contributed by atoms with Crippen LogP contribution >= 0.6 is 11.3 Å². The fourth-order valence-electron chi connectivity index (χ4n) is 3.82. The Morgan fingerprint density at radius 1 is 1.16 bits per heavy atom. The molecule has 31 heavy (non-hydrogen) atoms. The molecule has 8 heteroatoms. The lowest BCUT2D eigenvalue weighted by atomic mass is 10.1. The SMILES string of the molecule is CCC(NC(=O)c1cn(CCOC)cc(C(=O)N2CCCCCC2)c1=O)c1cccs1. The number of thiophene rings is 1. The number of pyridine rings is 1. The average molecular weight is 446 g/mol. The summed E-state index contributed by atoms with van der Waals surface area (Å²) in [5.74, 6) is -0.750. The number of ether oxygens (including phenoxy) is 1. The van der Waals surface area contributed by atoms with Gasteiger partial charge in [-0.05, 0) is 30.7 Å². The minimum Gasteiger partial charge on any atom is -0.383 e. The zero-order valence-corrected chi connectivity index (χ0v) is 19.1. The minimum absolute atomic E-state index is 0.00761. The van der Waals surface area contributed by atoms with E-state index < -0.39 is 11.3 Å². The van der Waals surface area contributed by atoms with E-state index in [2.05, 4.69) is 5.32 Å². The van der Waals surface area contributed by atoms with Crippen LogP contribution in [0.5, 0.6) is 0 Å². The molecule has 0 saturated carbocycles. The van der Waals surface area contributed by atoms with Crippen molar-refractivity contribution in [2.45, 2.75) is 51.6 Å². The number of hydrogen-bond donors (Lipinski definition) is 1. The lowest BCUT2D eigenvalue weighted by molar-refractivity contribution is 0.0759. The zero-order chi connectivity index (χ0) is 22.2. The third-order valence-corrected chi connectivity index (χ3v) is 6.59. The summed E-state index contributed by atoms with van der Waals surface area (Å²) in [6, 6.07) is 3.73. The van der Waals surface area contributed by atoms with E-state index in [0.29, 0.717) is 32.7 Å². The summed E-state index contributed by atoms with van der Waals surface area (Å²) in [4.78, 5) is 42.3. The zero-order valence-electron chi connectivity index (χ0n) is 18.3. The first-order chi connectivity index (χ1) is 15.0. The van der Waals surface area contributed by atoms with Gasteiger partial charge in [-0.15, -0.1) is 11.3 Å². The van der Waals surface area contributed by atoms with E-state index in [0.717, 1.165) is 30.6 Å². The molecule has 3 rings (SSSR count). The van der Waals surface area contributed by atoms with Crippen LogP contribution in [0, 0.1) is 0 Å². The summed E-state index contributed by atoms with van der Waals surface area (Å²) in [5.41, 5.74) is -0.469. The van der Waals surface area contributed by atoms with Crippen LogP contribution in [0.2, 0.25) is 0 Å². The molecular weight excluding hydrogens is 414 g/mol. The van der Waals surface area contributed by atoms with Gasteiger partial charge in [-0.3, -0.25) is 14.4 Å². The summed E-state index contributed by atoms with van der Waals surface area (Å²) in [6.07, 6.45) is 7.83. The molecule has 168 valence electrons. The first-order valence-electron chi connectivity index (χ1n) is 10.9. The molecule has 1 aliphatic rings. The highest BCUT2D eigenvalue weighted by Crippen LogP contribution is 2.22. The molecule has 1 unspecified atom stereocenters. The van der Waals surface area contributed by atoms with Crippen LogP contribution in [0.15, 0.2) is 34.7 Å². The Hall–Kier alpha value is -2.45. The summed E-state index contributed by atoms with van der Waals surface area (Å²) in [5, 5.41) is 4.93. The number of carbonyl (C=O) groups excluding carboxylic acids is 2. The largest absolute Gasteiger partial charge is 0.383 e. The van der Waals surface area contributed by atoms with Crippen molar-refractivity contribution in [3.05, 3.63) is 56.1 Å². The molecule has 1 atom stereocenters. The number of methoxy groups -OCH3 is 1. The van der Waals surface area contributed by atoms with E-state index in [1.807, 2.05) is 24.4 Å². The summed E-state index contributed by atoms with van der Waals surface area (Å²) >= 11 is 1.56. The third-order valence-electron chi connectivity index (χ3n) is 5.60. The number of nitrogens with one attached hydrogen (secondary N) is 1. The Morgan fingerprint density at radius 2 is 1.87 bits per heavy atom. The van der Waals surface area contributed by atoms with Gasteiger partial charge in [0.1, 0.15) is 11.1 Å². The fraction of sp³-hybridized carbons (Fsp3) is 0.522. The van der Waals surface area contributed by atoms with Crippen molar-refractivity contribution in [3.63, 3.8) is 0 Å². The van der Waals surface area contributed by atoms with Crippen molar-refractivity contribution in [1.29, 1.82) is 0 Å². The highest BCUT2D eigenvalue weighted by molar-refractivity contribution is 7.10. The van der Waals surface area contributed by atoms with Gasteiger partial charge >= 0.3 is 0 Å². The van der Waals surface area contributed by atoms with Crippen LogP contribution in [0.25, 0.3) is 0 Å². The second-order valence-electron chi connectivity index (χ2n) is 7.80. The standard InChI is InChI=1S/C23H31N3O4S/c1-3-19(20-9-8-14-31-20)24-22(28)17-15-25(12-13-30-2)16-18(21(17)27)23(29)26-10-6-4-5-7-11-26/h8-9,14-16,19H,3-7,10-13H2,1-2H3,(H,24,28). The number of carbonyl (C=O) groups is 2. The van der Waals surface area contributed by atoms with Crippen LogP contribution in [0.4, 0.5) is 0 Å². The smallest absolute Gasteiger partial charge is 0.259 e. The van der Waals surface area contributed by atoms with Gasteiger partial charge in [-0.2, -0.15) is 0 Å². The number of aromatic nitrogens is 1. The Kier molecular flexibility index (Phi) is 8.43. The molecule has 2 aromatic heterocycles. The number of amides is 2. The van der Waals surface area contributed by atoms with Crippen molar-refractivity contribution in [1.82, 2.24) is 14.8 Å². The van der Waals surface area contributed by atoms with Gasteiger partial charge in [0.15, 0.2) is 0 Å². The van der Waals surface area contributed by atoms with Crippen LogP contribution in [-0.4, -0.2) is 48.1 Å². The van der Waals surface area contributed by atoms with Crippen LogP contribution < -0.4 is 10.7 Å². The first-order valence-corrected chi connectivity index (χ1v) is 11.8. The van der Waals surface area contributed by atoms with E-state index in [9.17, 15) is 14.4 Å². The average Bonchev–Trinajstić information content (AvgIpc) is 3.18. The molecule has 1 fully saturated rings. The maximum Gasteiger partial charge on any atom is 0.259 e. The summed E-state index contributed by atoms with van der Waals surface area (Å²) < 4.78 is 6.85. The molecule has 2 aromatic rings. The Labute approximate surface area is 187 Å². The fourth-order valence-corrected chi connectivity index (χ4v) is 4.68. The predicted molar refractivity (Wildman–Crippen MR) is 122 cm³/mol. The number of likely N-dealkylation sites (tertiary alicyclic amines) is 1. The maximum absolute atomic E-state index is 13.2. The molecule has 0 spiro atoms. The molecule has 0 bridgehead atoms. The first kappa shape index (κ1) is 23.2. The minimum atomic E-state index is -0.513. The van der Waals surface area contributed by atoms with Gasteiger partial charge in [-0.25, -0.2) is 0 Å². The monoisotopic (exact) mass is 445 g/mol. The van der Waals surface area contributed by atoms with Crippen LogP contribution in [0.1, 0.15) is 70.7 Å². The van der Waals surface area contributed by atoms with Crippen molar-refractivity contribution < 1.29 is 14.3 Å². The highest BCUT2D eigenvalue weighted by atomic mass is 32.1. The second-order valence-corrected chi connectivity index (χ2v) is 8.78. The molecule has 2 amide bonds. The van der Waals surface area contributed by atoms with E-state index in [1.54, 1.807) is 34.1 Å². The topological polar surface area (TPSA) is 80.6 Å². The molecule has 0 aromatic carbocycles. The molecule has 3 heterocycles. The summed E-state index contributed by atoms with van der Waals surface area (Å²) in [6.45, 7) is 4.13. The Balaban J connectivity index is 1.92. The van der Waals surface area contributed by atoms with Crippen molar-refractivity contribution in [2.24, 2.45) is 0 Å². The number of rotatable bonds is 8. The van der Waals surface area contributed by atoms with Gasteiger partial charge < -0.3 is 19.5 Å². The quantitative estimate of drug-likeness (QED) is 0.675. The van der Waals surface area contributed by atoms with Crippen molar-refractivity contribution >= 4 is 23.2 Å². The predicted octanol–water partition coefficient (Wildman–Crippen LogP) is 3.45. The molecule has 7 nitrogen and oxygen atoms in total. The van der Waals surface area contributed by atoms with Crippen molar-refractivity contribution in [3.8, 4) is 0 Å². The Morgan fingerprint density at radius 3 is 2.48 bits per heavy atom. The molecule has 0 radical (unpaired) electrons. The van der Waals surface area contributed by atoms with Gasteiger partial charge in [-0.1, -0.05) is 25.8 Å². The molecule has 1 N–H and O–H groups in total. The molecule has 0 aliphatic carbocycles.